The van der Waals surface area contributed by atoms with Gasteiger partial charge in [-0.2, -0.15) is 13.2 Å². The number of carbonyl (C=O) groups excluding carboxylic acids is 1. The Balaban J connectivity index is 2.13. The van der Waals surface area contributed by atoms with Crippen LogP contribution in [0.25, 0.3) is 0 Å². The zero-order valence-corrected chi connectivity index (χ0v) is 13.3. The van der Waals surface area contributed by atoms with Crippen molar-refractivity contribution in [3.05, 3.63) is 64.4 Å². The Bertz CT molecular complexity index is 795. The van der Waals surface area contributed by atoms with Crippen LogP contribution in [0.5, 0.6) is 0 Å². The standard InChI is InChI=1S/C15H9ClF4N2OS/c16-10-6-5-8(15(18,19)20)7-12(10)21-14(24)22-13(23)9-3-1-2-4-11(9)17/h1-7H,(H2,21,22,23,24). The number of nitrogens with one attached hydrogen (secondary N) is 2. The van der Waals surface area contributed by atoms with Crippen molar-refractivity contribution in [2.75, 3.05) is 5.32 Å². The molecule has 3 nitrogen and oxygen atoms in total. The highest BCUT2D eigenvalue weighted by Crippen LogP contribution is 2.33. The van der Waals surface area contributed by atoms with Gasteiger partial charge in [0, 0.05) is 0 Å². The van der Waals surface area contributed by atoms with Crippen molar-refractivity contribution < 1.29 is 22.4 Å². The number of carbonyl (C=O) groups is 1. The second kappa shape index (κ2) is 7.14. The summed E-state index contributed by atoms with van der Waals surface area (Å²) in [7, 11) is 0. The second-order valence-electron chi connectivity index (χ2n) is 4.58. The minimum absolute atomic E-state index is 0.0227. The Morgan fingerprint density at radius 1 is 1.12 bits per heavy atom. The summed E-state index contributed by atoms with van der Waals surface area (Å²) in [5, 5.41) is 4.22. The number of anilines is 1. The van der Waals surface area contributed by atoms with Gasteiger partial charge in [-0.25, -0.2) is 4.39 Å². The fraction of sp³-hybridized carbons (Fsp3) is 0.0667. The number of alkyl halides is 3. The van der Waals surface area contributed by atoms with Gasteiger partial charge in [-0.15, -0.1) is 0 Å². The van der Waals surface area contributed by atoms with Gasteiger partial charge in [-0.05, 0) is 42.5 Å². The van der Waals surface area contributed by atoms with E-state index in [1.165, 1.54) is 18.2 Å². The molecule has 0 aliphatic carbocycles. The van der Waals surface area contributed by atoms with Crippen LogP contribution < -0.4 is 10.6 Å². The van der Waals surface area contributed by atoms with Gasteiger partial charge in [0.05, 0.1) is 21.8 Å². The van der Waals surface area contributed by atoms with Gasteiger partial charge in [0.2, 0.25) is 0 Å². The summed E-state index contributed by atoms with van der Waals surface area (Å²) in [5.74, 6) is -1.59. The third kappa shape index (κ3) is 4.42. The van der Waals surface area contributed by atoms with Gasteiger partial charge in [0.15, 0.2) is 5.11 Å². The molecule has 0 heterocycles. The Labute approximate surface area is 144 Å². The summed E-state index contributed by atoms with van der Waals surface area (Å²) in [6.45, 7) is 0. The van der Waals surface area contributed by atoms with Crippen LogP contribution in [0.3, 0.4) is 0 Å². The largest absolute Gasteiger partial charge is 0.416 e. The molecule has 2 rings (SSSR count). The minimum Gasteiger partial charge on any atom is -0.331 e. The molecular formula is C15H9ClF4N2OS. The lowest BCUT2D eigenvalue weighted by molar-refractivity contribution is -0.137. The molecule has 0 aliphatic rings. The molecule has 0 bridgehead atoms. The van der Waals surface area contributed by atoms with Gasteiger partial charge in [-0.3, -0.25) is 10.1 Å². The summed E-state index contributed by atoms with van der Waals surface area (Å²) in [6, 6.07) is 7.81. The van der Waals surface area contributed by atoms with Crippen LogP contribution in [-0.4, -0.2) is 11.0 Å². The van der Waals surface area contributed by atoms with Gasteiger partial charge in [0.1, 0.15) is 5.82 Å². The average molecular weight is 377 g/mol. The maximum atomic E-state index is 13.5. The van der Waals surface area contributed by atoms with Crippen LogP contribution in [0.4, 0.5) is 23.2 Å². The lowest BCUT2D eigenvalue weighted by Gasteiger charge is -2.13. The molecule has 0 unspecified atom stereocenters. The highest BCUT2D eigenvalue weighted by molar-refractivity contribution is 7.80. The van der Waals surface area contributed by atoms with Gasteiger partial charge < -0.3 is 5.32 Å². The average Bonchev–Trinajstić information content (AvgIpc) is 2.48. The molecule has 2 N–H and O–H groups in total. The Kier molecular flexibility index (Phi) is 5.40. The summed E-state index contributed by atoms with van der Waals surface area (Å²) in [5.41, 5.74) is -1.32. The Morgan fingerprint density at radius 3 is 2.42 bits per heavy atom. The van der Waals surface area contributed by atoms with Crippen LogP contribution in [0.2, 0.25) is 5.02 Å². The summed E-state index contributed by atoms with van der Waals surface area (Å²) in [4.78, 5) is 11.9. The van der Waals surface area contributed by atoms with Crippen molar-refractivity contribution >= 4 is 40.5 Å². The predicted molar refractivity (Wildman–Crippen MR) is 86.5 cm³/mol. The number of hydrogen-bond donors (Lipinski definition) is 2. The van der Waals surface area contributed by atoms with Gasteiger partial charge in [-0.1, -0.05) is 23.7 Å². The van der Waals surface area contributed by atoms with Crippen molar-refractivity contribution in [1.82, 2.24) is 5.32 Å². The molecule has 2 aromatic carbocycles. The molecule has 0 spiro atoms. The van der Waals surface area contributed by atoms with E-state index in [2.05, 4.69) is 10.6 Å². The SMILES string of the molecule is O=C(NC(=S)Nc1cc(C(F)(F)F)ccc1Cl)c1ccccc1F. The molecule has 0 atom stereocenters. The van der Waals surface area contributed by atoms with Crippen LogP contribution in [0, 0.1) is 5.82 Å². The van der Waals surface area contributed by atoms with Crippen LogP contribution in [-0.2, 0) is 6.18 Å². The van der Waals surface area contributed by atoms with E-state index in [-0.39, 0.29) is 21.4 Å². The third-order valence-corrected chi connectivity index (χ3v) is 3.42. The highest BCUT2D eigenvalue weighted by atomic mass is 35.5. The van der Waals surface area contributed by atoms with E-state index in [0.717, 1.165) is 24.3 Å². The first kappa shape index (κ1) is 18.2. The molecule has 0 radical (unpaired) electrons. The monoisotopic (exact) mass is 376 g/mol. The van der Waals surface area contributed by atoms with E-state index in [1.807, 2.05) is 0 Å². The molecule has 0 aromatic heterocycles. The van der Waals surface area contributed by atoms with E-state index in [9.17, 15) is 22.4 Å². The zero-order valence-electron chi connectivity index (χ0n) is 11.7. The van der Waals surface area contributed by atoms with E-state index in [4.69, 9.17) is 23.8 Å². The fourth-order valence-corrected chi connectivity index (χ4v) is 2.13. The van der Waals surface area contributed by atoms with Gasteiger partial charge >= 0.3 is 6.18 Å². The molecule has 0 saturated heterocycles. The smallest absolute Gasteiger partial charge is 0.331 e. The third-order valence-electron chi connectivity index (χ3n) is 2.89. The summed E-state index contributed by atoms with van der Waals surface area (Å²) in [6.07, 6.45) is -4.56. The first-order chi connectivity index (χ1) is 11.2. The topological polar surface area (TPSA) is 41.1 Å². The molecular weight excluding hydrogens is 368 g/mol. The number of thiocarbonyl (C=S) groups is 1. The van der Waals surface area contributed by atoms with Crippen LogP contribution in [0.15, 0.2) is 42.5 Å². The normalized spacial score (nSPS) is 11.0. The summed E-state index contributed by atoms with van der Waals surface area (Å²) < 4.78 is 51.6. The fourth-order valence-electron chi connectivity index (χ4n) is 1.77. The number of benzene rings is 2. The van der Waals surface area contributed by atoms with E-state index in [1.54, 1.807) is 0 Å². The molecule has 24 heavy (non-hydrogen) atoms. The second-order valence-corrected chi connectivity index (χ2v) is 5.40. The highest BCUT2D eigenvalue weighted by Gasteiger charge is 2.31. The molecule has 0 aliphatic heterocycles. The lowest BCUT2D eigenvalue weighted by atomic mass is 10.2. The molecule has 2 aromatic rings. The Morgan fingerprint density at radius 2 is 1.79 bits per heavy atom. The van der Waals surface area contributed by atoms with E-state index in [0.29, 0.717) is 0 Å². The predicted octanol–water partition coefficient (Wildman–Crippen LogP) is 4.62. The summed E-state index contributed by atoms with van der Waals surface area (Å²) >= 11 is 10.7. The van der Waals surface area contributed by atoms with Crippen molar-refractivity contribution in [2.24, 2.45) is 0 Å². The van der Waals surface area contributed by atoms with Crippen molar-refractivity contribution in [2.45, 2.75) is 6.18 Å². The number of amides is 1. The maximum Gasteiger partial charge on any atom is 0.416 e. The van der Waals surface area contributed by atoms with E-state index >= 15 is 0 Å². The lowest BCUT2D eigenvalue weighted by Crippen LogP contribution is -2.34. The first-order valence-electron chi connectivity index (χ1n) is 6.42. The van der Waals surface area contributed by atoms with Crippen molar-refractivity contribution in [1.29, 1.82) is 0 Å². The van der Waals surface area contributed by atoms with Crippen molar-refractivity contribution in [3.8, 4) is 0 Å². The number of rotatable bonds is 2. The van der Waals surface area contributed by atoms with Gasteiger partial charge in [0.25, 0.3) is 5.91 Å². The van der Waals surface area contributed by atoms with Crippen molar-refractivity contribution in [3.63, 3.8) is 0 Å². The maximum absolute atomic E-state index is 13.5. The molecule has 0 fully saturated rings. The van der Waals surface area contributed by atoms with Crippen LogP contribution >= 0.6 is 23.8 Å². The molecule has 1 amide bonds. The number of hydrogen-bond acceptors (Lipinski definition) is 2. The minimum atomic E-state index is -4.56. The van der Waals surface area contributed by atoms with E-state index < -0.39 is 23.5 Å². The Hall–Kier alpha value is -2.19. The van der Waals surface area contributed by atoms with Crippen LogP contribution in [0.1, 0.15) is 15.9 Å². The molecule has 126 valence electrons. The number of halogens is 5. The quantitative estimate of drug-likeness (QED) is 0.593. The molecule has 9 heteroatoms. The first-order valence-corrected chi connectivity index (χ1v) is 7.20. The molecule has 0 saturated carbocycles. The zero-order chi connectivity index (χ0) is 17.9.